The zero-order valence-corrected chi connectivity index (χ0v) is 10.9. The smallest absolute Gasteiger partial charge is 0.303 e. The van der Waals surface area contributed by atoms with Crippen LogP contribution in [-0.2, 0) is 19.1 Å². The first-order valence-electron chi connectivity index (χ1n) is 5.38. The molecular formula is C11H22O6. The molecule has 0 atom stereocenters. The van der Waals surface area contributed by atoms with Crippen LogP contribution < -0.4 is 0 Å². The van der Waals surface area contributed by atoms with E-state index in [0.717, 1.165) is 6.42 Å². The minimum atomic E-state index is -0.745. The van der Waals surface area contributed by atoms with E-state index in [1.807, 2.05) is 6.92 Å². The fraction of sp³-hybridized carbons (Fsp3) is 0.727. The number of ether oxygens (including phenoxy) is 1. The minimum Gasteiger partial charge on any atom is -0.481 e. The lowest BCUT2D eigenvalue weighted by Crippen LogP contribution is -1.95. The van der Waals surface area contributed by atoms with Gasteiger partial charge in [0.15, 0.2) is 0 Å². The van der Waals surface area contributed by atoms with Gasteiger partial charge in [0.2, 0.25) is 0 Å². The van der Waals surface area contributed by atoms with Gasteiger partial charge in [-0.1, -0.05) is 13.8 Å². The molecule has 0 unspecified atom stereocenters. The monoisotopic (exact) mass is 250 g/mol. The molecule has 0 saturated heterocycles. The Kier molecular flexibility index (Phi) is 20.6. The molecule has 0 aliphatic rings. The number of carbonyl (C=O) groups is 3. The fourth-order valence-corrected chi connectivity index (χ4v) is 0.417. The van der Waals surface area contributed by atoms with Gasteiger partial charge in [-0.3, -0.25) is 14.4 Å². The van der Waals surface area contributed by atoms with E-state index in [-0.39, 0.29) is 12.4 Å². The first kappa shape index (κ1) is 20.8. The van der Waals surface area contributed by atoms with Gasteiger partial charge >= 0.3 is 17.9 Å². The molecule has 102 valence electrons. The number of esters is 1. The van der Waals surface area contributed by atoms with Crippen molar-refractivity contribution >= 4 is 17.9 Å². The van der Waals surface area contributed by atoms with E-state index in [1.165, 1.54) is 6.92 Å². The number of carbonyl (C=O) groups excluding carboxylic acids is 1. The van der Waals surface area contributed by atoms with Crippen molar-refractivity contribution in [1.82, 2.24) is 0 Å². The van der Waals surface area contributed by atoms with Crippen LogP contribution in [0.2, 0.25) is 0 Å². The van der Waals surface area contributed by atoms with Crippen molar-refractivity contribution in [3.63, 3.8) is 0 Å². The average Bonchev–Trinajstić information content (AvgIpc) is 2.19. The molecule has 6 heteroatoms. The fourth-order valence-electron chi connectivity index (χ4n) is 0.417. The summed E-state index contributed by atoms with van der Waals surface area (Å²) in [6.45, 7) is 7.09. The third kappa shape index (κ3) is 54.0. The summed E-state index contributed by atoms with van der Waals surface area (Å²) in [7, 11) is 0. The highest BCUT2D eigenvalue weighted by molar-refractivity contribution is 5.66. The van der Waals surface area contributed by atoms with Crippen molar-refractivity contribution in [3.8, 4) is 0 Å². The molecule has 0 amide bonds. The molecule has 2 N–H and O–H groups in total. The van der Waals surface area contributed by atoms with E-state index in [0.29, 0.717) is 13.0 Å². The molecule has 0 heterocycles. The quantitative estimate of drug-likeness (QED) is 0.739. The third-order valence-corrected chi connectivity index (χ3v) is 1.11. The van der Waals surface area contributed by atoms with E-state index in [4.69, 9.17) is 10.2 Å². The SMILES string of the molecule is CCC(=O)O.CCCC(=O)O.CCOC(C)=O. The van der Waals surface area contributed by atoms with Crippen molar-refractivity contribution in [3.05, 3.63) is 0 Å². The molecular weight excluding hydrogens is 228 g/mol. The van der Waals surface area contributed by atoms with Gasteiger partial charge in [0, 0.05) is 19.8 Å². The first-order chi connectivity index (χ1) is 7.81. The number of rotatable bonds is 4. The van der Waals surface area contributed by atoms with Crippen LogP contribution in [0.25, 0.3) is 0 Å². The number of hydrogen-bond donors (Lipinski definition) is 2. The summed E-state index contributed by atoms with van der Waals surface area (Å²) >= 11 is 0. The molecule has 0 bridgehead atoms. The molecule has 0 rings (SSSR count). The van der Waals surface area contributed by atoms with Crippen molar-refractivity contribution in [2.75, 3.05) is 6.61 Å². The lowest BCUT2D eigenvalue weighted by Gasteiger charge is -1.89. The summed E-state index contributed by atoms with van der Waals surface area (Å²) in [5.74, 6) is -1.67. The molecule has 17 heavy (non-hydrogen) atoms. The maximum atomic E-state index is 9.82. The number of aliphatic carboxylic acids is 2. The molecule has 0 radical (unpaired) electrons. The Morgan fingerprint density at radius 3 is 1.41 bits per heavy atom. The maximum absolute atomic E-state index is 9.82. The van der Waals surface area contributed by atoms with Gasteiger partial charge in [-0.05, 0) is 13.3 Å². The molecule has 0 saturated carbocycles. The molecule has 0 aliphatic heterocycles. The molecule has 0 fully saturated rings. The summed E-state index contributed by atoms with van der Waals surface area (Å²) in [5, 5.41) is 15.6. The van der Waals surface area contributed by atoms with E-state index in [1.54, 1.807) is 13.8 Å². The van der Waals surface area contributed by atoms with Crippen LogP contribution in [0, 0.1) is 0 Å². The van der Waals surface area contributed by atoms with Gasteiger partial charge in [-0.25, -0.2) is 0 Å². The van der Waals surface area contributed by atoms with Crippen LogP contribution in [0.1, 0.15) is 47.0 Å². The molecule has 0 aliphatic carbocycles. The summed E-state index contributed by atoms with van der Waals surface area (Å²) < 4.78 is 4.40. The molecule has 0 spiro atoms. The Morgan fingerprint density at radius 1 is 1.00 bits per heavy atom. The van der Waals surface area contributed by atoms with Crippen LogP contribution in [0.4, 0.5) is 0 Å². The second kappa shape index (κ2) is 16.8. The van der Waals surface area contributed by atoms with Crippen LogP contribution in [0.15, 0.2) is 0 Å². The normalized spacial score (nSPS) is 7.76. The largest absolute Gasteiger partial charge is 0.481 e. The van der Waals surface area contributed by atoms with E-state index in [2.05, 4.69) is 4.74 Å². The summed E-state index contributed by atoms with van der Waals surface area (Å²) in [6, 6.07) is 0. The van der Waals surface area contributed by atoms with Gasteiger partial charge in [0.25, 0.3) is 0 Å². The zero-order valence-electron chi connectivity index (χ0n) is 10.9. The second-order valence-electron chi connectivity index (χ2n) is 2.82. The van der Waals surface area contributed by atoms with Crippen LogP contribution >= 0.6 is 0 Å². The molecule has 0 aromatic rings. The highest BCUT2D eigenvalue weighted by atomic mass is 16.5. The number of hydrogen-bond acceptors (Lipinski definition) is 4. The van der Waals surface area contributed by atoms with E-state index >= 15 is 0 Å². The van der Waals surface area contributed by atoms with Gasteiger partial charge in [-0.2, -0.15) is 0 Å². The Morgan fingerprint density at radius 2 is 1.41 bits per heavy atom. The van der Waals surface area contributed by atoms with Gasteiger partial charge in [-0.15, -0.1) is 0 Å². The van der Waals surface area contributed by atoms with Crippen molar-refractivity contribution < 1.29 is 29.3 Å². The highest BCUT2D eigenvalue weighted by Gasteiger charge is 1.87. The Balaban J connectivity index is -0.000000174. The van der Waals surface area contributed by atoms with Crippen LogP contribution in [0.3, 0.4) is 0 Å². The predicted molar refractivity (Wildman–Crippen MR) is 62.8 cm³/mol. The van der Waals surface area contributed by atoms with Crippen molar-refractivity contribution in [2.45, 2.75) is 47.0 Å². The third-order valence-electron chi connectivity index (χ3n) is 1.11. The Bertz CT molecular complexity index is 196. The molecule has 0 aromatic heterocycles. The Hall–Kier alpha value is -1.59. The van der Waals surface area contributed by atoms with Crippen molar-refractivity contribution in [1.29, 1.82) is 0 Å². The van der Waals surface area contributed by atoms with Gasteiger partial charge in [0.05, 0.1) is 6.61 Å². The lowest BCUT2D eigenvalue weighted by atomic mass is 10.4. The number of carboxylic acid groups (broad SMARTS) is 2. The van der Waals surface area contributed by atoms with Crippen molar-refractivity contribution in [2.24, 2.45) is 0 Å². The topological polar surface area (TPSA) is 101 Å². The maximum Gasteiger partial charge on any atom is 0.303 e. The molecule has 6 nitrogen and oxygen atoms in total. The standard InChI is InChI=1S/2C4H8O2.C3H6O2/c1-3-6-4(2)5;1-2-3-4(5)6;1-2-3(4)5/h3H2,1-2H3;2-3H2,1H3,(H,5,6);2H2,1H3,(H,4,5). The minimum absolute atomic E-state index is 0.211. The first-order valence-corrected chi connectivity index (χ1v) is 5.38. The van der Waals surface area contributed by atoms with E-state index < -0.39 is 11.9 Å². The average molecular weight is 250 g/mol. The summed E-state index contributed by atoms with van der Waals surface area (Å²) in [4.78, 5) is 28.8. The van der Waals surface area contributed by atoms with Gasteiger partial charge < -0.3 is 14.9 Å². The highest BCUT2D eigenvalue weighted by Crippen LogP contribution is 1.82. The second-order valence-corrected chi connectivity index (χ2v) is 2.82. The van der Waals surface area contributed by atoms with E-state index in [9.17, 15) is 14.4 Å². The number of carboxylic acids is 2. The van der Waals surface area contributed by atoms with Crippen LogP contribution in [0.5, 0.6) is 0 Å². The Labute approximate surface area is 102 Å². The molecule has 0 aromatic carbocycles. The summed E-state index contributed by atoms with van der Waals surface area (Å²) in [5.41, 5.74) is 0. The zero-order chi connectivity index (χ0) is 14.3. The lowest BCUT2D eigenvalue weighted by molar-refractivity contribution is -0.140. The predicted octanol–water partition coefficient (Wildman–Crippen LogP) is 1.92. The van der Waals surface area contributed by atoms with Gasteiger partial charge in [0.1, 0.15) is 0 Å². The van der Waals surface area contributed by atoms with Crippen LogP contribution in [-0.4, -0.2) is 34.7 Å². The summed E-state index contributed by atoms with van der Waals surface area (Å²) in [6.07, 6.45) is 1.25.